The minimum Gasteiger partial charge on any atom is -0.342 e. The molecule has 9 heteroatoms. The number of carbonyl (C=O) groups excluding carboxylic acids is 2. The highest BCUT2D eigenvalue weighted by atomic mass is 32.1. The normalized spacial score (nSPS) is 10.7. The minimum absolute atomic E-state index is 0.0856. The van der Waals surface area contributed by atoms with Gasteiger partial charge in [-0.1, -0.05) is 13.0 Å². The van der Waals surface area contributed by atoms with Crippen LogP contribution in [0.5, 0.6) is 0 Å². The molecule has 0 saturated carbocycles. The Balaban J connectivity index is 1.74. The molecule has 0 bridgehead atoms. The molecule has 0 fully saturated rings. The molecule has 0 spiro atoms. The van der Waals surface area contributed by atoms with Gasteiger partial charge in [0.25, 0.3) is 17.0 Å². The molecule has 2 aromatic heterocycles. The minimum atomic E-state index is -0.522. The Labute approximate surface area is 151 Å². The largest absolute Gasteiger partial charge is 0.342 e. The SMILES string of the molecule is CCc1ccsc1C(=O)NCC(=O)Nc1cccc2c(=O)[nH][nH]c(=O)c12. The first-order valence-electron chi connectivity index (χ1n) is 7.89. The van der Waals surface area contributed by atoms with Crippen molar-refractivity contribution in [3.05, 3.63) is 60.8 Å². The van der Waals surface area contributed by atoms with Gasteiger partial charge in [0, 0.05) is 0 Å². The molecule has 0 aliphatic heterocycles. The van der Waals surface area contributed by atoms with Crippen molar-refractivity contribution in [2.45, 2.75) is 13.3 Å². The lowest BCUT2D eigenvalue weighted by Gasteiger charge is -2.09. The number of aromatic nitrogens is 2. The molecule has 3 aromatic rings. The molecule has 0 atom stereocenters. The number of carbonyl (C=O) groups is 2. The van der Waals surface area contributed by atoms with Crippen molar-refractivity contribution < 1.29 is 9.59 Å². The number of rotatable bonds is 5. The van der Waals surface area contributed by atoms with E-state index in [2.05, 4.69) is 20.8 Å². The number of hydrogen-bond donors (Lipinski definition) is 4. The molecule has 2 amide bonds. The average Bonchev–Trinajstić information content (AvgIpc) is 3.12. The smallest absolute Gasteiger partial charge is 0.272 e. The first-order valence-corrected chi connectivity index (χ1v) is 8.77. The van der Waals surface area contributed by atoms with E-state index < -0.39 is 17.0 Å². The van der Waals surface area contributed by atoms with E-state index in [9.17, 15) is 19.2 Å². The fourth-order valence-corrected chi connectivity index (χ4v) is 3.49. The van der Waals surface area contributed by atoms with Crippen LogP contribution in [0.4, 0.5) is 5.69 Å². The molecule has 2 heterocycles. The highest BCUT2D eigenvalue weighted by Crippen LogP contribution is 2.18. The lowest BCUT2D eigenvalue weighted by Crippen LogP contribution is -2.33. The van der Waals surface area contributed by atoms with E-state index in [1.165, 1.54) is 23.5 Å². The second kappa shape index (κ2) is 7.36. The summed E-state index contributed by atoms with van der Waals surface area (Å²) in [6.45, 7) is 1.70. The topological polar surface area (TPSA) is 124 Å². The second-order valence-corrected chi connectivity index (χ2v) is 6.41. The van der Waals surface area contributed by atoms with E-state index in [0.29, 0.717) is 4.88 Å². The lowest BCUT2D eigenvalue weighted by molar-refractivity contribution is -0.115. The van der Waals surface area contributed by atoms with Crippen LogP contribution in [0.25, 0.3) is 10.8 Å². The average molecular weight is 372 g/mol. The summed E-state index contributed by atoms with van der Waals surface area (Å²) in [5, 5.41) is 11.7. The summed E-state index contributed by atoms with van der Waals surface area (Å²) in [7, 11) is 0. The van der Waals surface area contributed by atoms with Gasteiger partial charge in [0.15, 0.2) is 0 Å². The van der Waals surface area contributed by atoms with Crippen molar-refractivity contribution in [1.29, 1.82) is 0 Å². The maximum atomic E-state index is 12.2. The molecule has 3 rings (SSSR count). The van der Waals surface area contributed by atoms with Crippen LogP contribution in [0.1, 0.15) is 22.2 Å². The summed E-state index contributed by atoms with van der Waals surface area (Å²) in [5.74, 6) is -0.820. The summed E-state index contributed by atoms with van der Waals surface area (Å²) < 4.78 is 0. The number of aryl methyl sites for hydroxylation is 1. The van der Waals surface area contributed by atoms with Crippen molar-refractivity contribution in [2.24, 2.45) is 0 Å². The van der Waals surface area contributed by atoms with Crippen LogP contribution in [0.2, 0.25) is 0 Å². The molecule has 8 nitrogen and oxygen atoms in total. The van der Waals surface area contributed by atoms with E-state index in [1.807, 2.05) is 18.4 Å². The molecule has 134 valence electrons. The molecule has 0 aliphatic carbocycles. The third kappa shape index (κ3) is 3.42. The molecule has 0 saturated heterocycles. The highest BCUT2D eigenvalue weighted by Gasteiger charge is 2.14. The van der Waals surface area contributed by atoms with Crippen molar-refractivity contribution in [3.8, 4) is 0 Å². The molecule has 0 aliphatic rings. The first kappa shape index (κ1) is 17.6. The third-order valence-electron chi connectivity index (χ3n) is 3.84. The van der Waals surface area contributed by atoms with E-state index in [0.717, 1.165) is 12.0 Å². The Morgan fingerprint density at radius 2 is 1.88 bits per heavy atom. The van der Waals surface area contributed by atoms with Gasteiger partial charge < -0.3 is 10.6 Å². The van der Waals surface area contributed by atoms with E-state index in [1.54, 1.807) is 6.07 Å². The summed E-state index contributed by atoms with van der Waals surface area (Å²) >= 11 is 1.32. The van der Waals surface area contributed by atoms with E-state index in [4.69, 9.17) is 0 Å². The maximum absolute atomic E-state index is 12.2. The van der Waals surface area contributed by atoms with Crippen LogP contribution < -0.4 is 21.8 Å². The summed E-state index contributed by atoms with van der Waals surface area (Å²) in [4.78, 5) is 48.7. The van der Waals surface area contributed by atoms with Crippen molar-refractivity contribution in [2.75, 3.05) is 11.9 Å². The van der Waals surface area contributed by atoms with Crippen LogP contribution in [-0.2, 0) is 11.2 Å². The fraction of sp³-hybridized carbons (Fsp3) is 0.176. The number of thiophene rings is 1. The van der Waals surface area contributed by atoms with Crippen molar-refractivity contribution in [1.82, 2.24) is 15.5 Å². The maximum Gasteiger partial charge on any atom is 0.272 e. The molecule has 26 heavy (non-hydrogen) atoms. The number of anilines is 1. The third-order valence-corrected chi connectivity index (χ3v) is 4.80. The number of nitrogens with one attached hydrogen (secondary N) is 4. The van der Waals surface area contributed by atoms with Gasteiger partial charge in [0.05, 0.1) is 27.9 Å². The Morgan fingerprint density at radius 3 is 2.65 bits per heavy atom. The summed E-state index contributed by atoms with van der Waals surface area (Å²) in [6.07, 6.45) is 0.728. The van der Waals surface area contributed by atoms with Gasteiger partial charge >= 0.3 is 0 Å². The second-order valence-electron chi connectivity index (χ2n) is 5.50. The Bertz CT molecular complexity index is 1100. The van der Waals surface area contributed by atoms with E-state index >= 15 is 0 Å². The van der Waals surface area contributed by atoms with Crippen LogP contribution in [0, 0.1) is 0 Å². The van der Waals surface area contributed by atoms with Crippen molar-refractivity contribution in [3.63, 3.8) is 0 Å². The Morgan fingerprint density at radius 1 is 1.12 bits per heavy atom. The van der Waals surface area contributed by atoms with Gasteiger partial charge in [0.1, 0.15) is 0 Å². The van der Waals surface area contributed by atoms with Gasteiger partial charge in [-0.25, -0.2) is 0 Å². The van der Waals surface area contributed by atoms with Crippen LogP contribution in [0.3, 0.4) is 0 Å². The number of H-pyrrole nitrogens is 2. The molecule has 1 aromatic carbocycles. The number of aromatic amines is 2. The molecule has 0 radical (unpaired) electrons. The molecular formula is C17H16N4O4S. The summed E-state index contributed by atoms with van der Waals surface area (Å²) in [5.41, 5.74) is 0.145. The van der Waals surface area contributed by atoms with Gasteiger partial charge in [0.2, 0.25) is 5.91 Å². The monoisotopic (exact) mass is 372 g/mol. The van der Waals surface area contributed by atoms with Gasteiger partial charge in [-0.3, -0.25) is 29.4 Å². The van der Waals surface area contributed by atoms with Crippen LogP contribution in [0.15, 0.2) is 39.2 Å². The predicted octanol–water partition coefficient (Wildman–Crippen LogP) is 1.21. The lowest BCUT2D eigenvalue weighted by atomic mass is 10.1. The van der Waals surface area contributed by atoms with Crippen molar-refractivity contribution >= 4 is 39.6 Å². The molecule has 4 N–H and O–H groups in total. The molecular weight excluding hydrogens is 356 g/mol. The van der Waals surface area contributed by atoms with Gasteiger partial charge in [-0.15, -0.1) is 11.3 Å². The quantitative estimate of drug-likeness (QED) is 0.537. The van der Waals surface area contributed by atoms with E-state index in [-0.39, 0.29) is 28.9 Å². The van der Waals surface area contributed by atoms with Crippen LogP contribution >= 0.6 is 11.3 Å². The standard InChI is InChI=1S/C17H16N4O4S/c1-2-9-6-7-26-14(9)17(25)18-8-12(22)19-11-5-3-4-10-13(11)16(24)21-20-15(10)23/h3-7H,2,8H2,1H3,(H,18,25)(H,19,22)(H,20,23)(H,21,24). The van der Waals surface area contributed by atoms with Gasteiger partial charge in [-0.2, -0.15) is 0 Å². The molecule has 0 unspecified atom stereocenters. The zero-order chi connectivity index (χ0) is 18.7. The number of benzene rings is 1. The predicted molar refractivity (Wildman–Crippen MR) is 99.8 cm³/mol. The van der Waals surface area contributed by atoms with Gasteiger partial charge in [-0.05, 0) is 35.6 Å². The fourth-order valence-electron chi connectivity index (χ4n) is 2.58. The highest BCUT2D eigenvalue weighted by molar-refractivity contribution is 7.12. The zero-order valence-electron chi connectivity index (χ0n) is 13.8. The summed E-state index contributed by atoms with van der Waals surface area (Å²) in [6, 6.07) is 6.44. The zero-order valence-corrected chi connectivity index (χ0v) is 14.7. The van der Waals surface area contributed by atoms with Crippen LogP contribution in [-0.4, -0.2) is 28.6 Å². The number of hydrogen-bond acceptors (Lipinski definition) is 5. The Hall–Kier alpha value is -3.20. The number of amides is 2. The first-order chi connectivity index (χ1) is 12.5. The number of fused-ring (bicyclic) bond motifs is 1. The Kier molecular flexibility index (Phi) is 4.99.